The first-order valence-electron chi connectivity index (χ1n) is 5.91. The number of rotatable bonds is 4. The topological polar surface area (TPSA) is 31.2 Å². The lowest BCUT2D eigenvalue weighted by atomic mass is 10.1. The van der Waals surface area contributed by atoms with Crippen LogP contribution in [0.4, 0.5) is 0 Å². The third-order valence-corrected chi connectivity index (χ3v) is 3.05. The van der Waals surface area contributed by atoms with Gasteiger partial charge < -0.3 is 9.30 Å². The summed E-state index contributed by atoms with van der Waals surface area (Å²) in [6, 6.07) is 5.86. The molecule has 0 spiro atoms. The lowest BCUT2D eigenvalue weighted by Gasteiger charge is -2.02. The minimum atomic E-state index is 0.176. The molecule has 0 fully saturated rings. The molecule has 1 heterocycles. The van der Waals surface area contributed by atoms with Crippen LogP contribution in [-0.4, -0.2) is 17.5 Å². The third kappa shape index (κ3) is 1.93. The number of fused-ring (bicyclic) bond motifs is 1. The molecule has 90 valence electrons. The zero-order valence-corrected chi connectivity index (χ0v) is 10.5. The Balaban J connectivity index is 2.70. The van der Waals surface area contributed by atoms with Crippen molar-refractivity contribution < 1.29 is 9.53 Å². The Morgan fingerprint density at radius 2 is 2.12 bits per heavy atom. The van der Waals surface area contributed by atoms with Gasteiger partial charge in [0.15, 0.2) is 5.78 Å². The molecule has 0 aliphatic heterocycles. The predicted molar refractivity (Wildman–Crippen MR) is 68.8 cm³/mol. The standard InChI is InChI=1S/C14H17NO2/c1-4-14(16)12-9-15(5-2)13-7-6-10(17-3)8-11(12)13/h6-9H,4-5H2,1-3H3. The quantitative estimate of drug-likeness (QED) is 0.756. The van der Waals surface area contributed by atoms with Crippen molar-refractivity contribution in [1.82, 2.24) is 4.57 Å². The van der Waals surface area contributed by atoms with Crippen molar-refractivity contribution >= 4 is 16.7 Å². The summed E-state index contributed by atoms with van der Waals surface area (Å²) in [5, 5.41) is 0.984. The minimum Gasteiger partial charge on any atom is -0.497 e. The zero-order valence-electron chi connectivity index (χ0n) is 10.5. The molecule has 1 aromatic heterocycles. The van der Waals surface area contributed by atoms with Gasteiger partial charge in [-0.05, 0) is 25.1 Å². The van der Waals surface area contributed by atoms with Crippen molar-refractivity contribution in [3.05, 3.63) is 30.0 Å². The van der Waals surface area contributed by atoms with Crippen LogP contribution in [0.25, 0.3) is 10.9 Å². The van der Waals surface area contributed by atoms with Crippen LogP contribution in [0.3, 0.4) is 0 Å². The molecule has 0 unspecified atom stereocenters. The van der Waals surface area contributed by atoms with E-state index in [2.05, 4.69) is 11.5 Å². The predicted octanol–water partition coefficient (Wildman–Crippen LogP) is 3.26. The molecule has 3 nitrogen and oxygen atoms in total. The SMILES string of the molecule is CCC(=O)c1cn(CC)c2ccc(OC)cc12. The number of nitrogens with zero attached hydrogens (tertiary/aromatic N) is 1. The average Bonchev–Trinajstić information content (AvgIpc) is 2.75. The number of hydrogen-bond acceptors (Lipinski definition) is 2. The number of ether oxygens (including phenoxy) is 1. The summed E-state index contributed by atoms with van der Waals surface area (Å²) < 4.78 is 7.31. The first kappa shape index (κ1) is 11.7. The summed E-state index contributed by atoms with van der Waals surface area (Å²) >= 11 is 0. The maximum atomic E-state index is 11.9. The summed E-state index contributed by atoms with van der Waals surface area (Å²) in [5.74, 6) is 0.965. The van der Waals surface area contributed by atoms with Crippen LogP contribution in [0.5, 0.6) is 5.75 Å². The van der Waals surface area contributed by atoms with Gasteiger partial charge in [-0.3, -0.25) is 4.79 Å². The van der Waals surface area contributed by atoms with Crippen LogP contribution in [0.15, 0.2) is 24.4 Å². The second-order valence-electron chi connectivity index (χ2n) is 3.99. The molecule has 0 N–H and O–H groups in total. The van der Waals surface area contributed by atoms with Gasteiger partial charge in [-0.2, -0.15) is 0 Å². The molecule has 0 aliphatic rings. The highest BCUT2D eigenvalue weighted by molar-refractivity contribution is 6.08. The van der Waals surface area contributed by atoms with Crippen molar-refractivity contribution in [2.75, 3.05) is 7.11 Å². The molecule has 0 bridgehead atoms. The molecular formula is C14H17NO2. The largest absolute Gasteiger partial charge is 0.497 e. The van der Waals surface area contributed by atoms with Gasteiger partial charge in [0.05, 0.1) is 7.11 Å². The fraction of sp³-hybridized carbons (Fsp3) is 0.357. The van der Waals surface area contributed by atoms with Crippen LogP contribution < -0.4 is 4.74 Å². The maximum Gasteiger partial charge on any atom is 0.164 e. The zero-order chi connectivity index (χ0) is 12.4. The number of carbonyl (C=O) groups excluding carboxylic acids is 1. The summed E-state index contributed by atoms with van der Waals surface area (Å²) in [5.41, 5.74) is 1.88. The van der Waals surface area contributed by atoms with Gasteiger partial charge in [0.2, 0.25) is 0 Å². The molecule has 0 saturated heterocycles. The second-order valence-corrected chi connectivity index (χ2v) is 3.99. The van der Waals surface area contributed by atoms with Crippen LogP contribution >= 0.6 is 0 Å². The summed E-state index contributed by atoms with van der Waals surface area (Å²) in [7, 11) is 1.64. The van der Waals surface area contributed by atoms with Crippen LogP contribution in [0.1, 0.15) is 30.6 Å². The maximum absolute atomic E-state index is 11.9. The van der Waals surface area contributed by atoms with E-state index in [-0.39, 0.29) is 5.78 Å². The van der Waals surface area contributed by atoms with E-state index < -0.39 is 0 Å². The van der Waals surface area contributed by atoms with Gasteiger partial charge in [0.25, 0.3) is 0 Å². The van der Waals surface area contributed by atoms with Crippen molar-refractivity contribution in [1.29, 1.82) is 0 Å². The monoisotopic (exact) mass is 231 g/mol. The van der Waals surface area contributed by atoms with E-state index in [9.17, 15) is 4.79 Å². The average molecular weight is 231 g/mol. The van der Waals surface area contributed by atoms with E-state index in [1.807, 2.05) is 31.3 Å². The molecule has 0 atom stereocenters. The number of aryl methyl sites for hydroxylation is 1. The molecule has 0 aliphatic carbocycles. The number of aromatic nitrogens is 1. The van der Waals surface area contributed by atoms with Crippen LogP contribution in [-0.2, 0) is 6.54 Å². The lowest BCUT2D eigenvalue weighted by Crippen LogP contribution is -1.95. The van der Waals surface area contributed by atoms with Crippen LogP contribution in [0.2, 0.25) is 0 Å². The second kappa shape index (κ2) is 4.62. The minimum absolute atomic E-state index is 0.176. The highest BCUT2D eigenvalue weighted by Crippen LogP contribution is 2.26. The van der Waals surface area contributed by atoms with Crippen molar-refractivity contribution in [2.45, 2.75) is 26.8 Å². The van der Waals surface area contributed by atoms with Gasteiger partial charge in [0, 0.05) is 35.6 Å². The Kier molecular flexibility index (Phi) is 3.18. The van der Waals surface area contributed by atoms with E-state index in [1.54, 1.807) is 7.11 Å². The van der Waals surface area contributed by atoms with E-state index >= 15 is 0 Å². The molecular weight excluding hydrogens is 214 g/mol. The van der Waals surface area contributed by atoms with Gasteiger partial charge in [-0.1, -0.05) is 6.92 Å². The molecule has 0 amide bonds. The summed E-state index contributed by atoms with van der Waals surface area (Å²) in [4.78, 5) is 11.9. The van der Waals surface area contributed by atoms with Gasteiger partial charge >= 0.3 is 0 Å². The number of methoxy groups -OCH3 is 1. The molecule has 3 heteroatoms. The Labute approximate surface area is 101 Å². The highest BCUT2D eigenvalue weighted by Gasteiger charge is 2.13. The molecule has 0 radical (unpaired) electrons. The fourth-order valence-corrected chi connectivity index (χ4v) is 2.08. The van der Waals surface area contributed by atoms with Gasteiger partial charge in [-0.25, -0.2) is 0 Å². The normalized spacial score (nSPS) is 10.8. The Morgan fingerprint density at radius 3 is 2.71 bits per heavy atom. The third-order valence-electron chi connectivity index (χ3n) is 3.05. The van der Waals surface area contributed by atoms with E-state index in [0.29, 0.717) is 6.42 Å². The number of hydrogen-bond donors (Lipinski definition) is 0. The number of Topliss-reactive ketones (excluding diaryl/α,β-unsaturated/α-hetero) is 1. The Hall–Kier alpha value is -1.77. The van der Waals surface area contributed by atoms with Gasteiger partial charge in [0.1, 0.15) is 5.75 Å². The van der Waals surface area contributed by atoms with Crippen LogP contribution in [0, 0.1) is 0 Å². The lowest BCUT2D eigenvalue weighted by molar-refractivity contribution is 0.0989. The molecule has 0 saturated carbocycles. The van der Waals surface area contributed by atoms with Crippen molar-refractivity contribution in [3.8, 4) is 5.75 Å². The van der Waals surface area contributed by atoms with E-state index in [0.717, 1.165) is 28.8 Å². The van der Waals surface area contributed by atoms with Crippen molar-refractivity contribution in [2.24, 2.45) is 0 Å². The fourth-order valence-electron chi connectivity index (χ4n) is 2.08. The first-order valence-corrected chi connectivity index (χ1v) is 5.91. The van der Waals surface area contributed by atoms with E-state index in [1.165, 1.54) is 0 Å². The molecule has 1 aromatic carbocycles. The molecule has 17 heavy (non-hydrogen) atoms. The first-order chi connectivity index (χ1) is 8.21. The van der Waals surface area contributed by atoms with Crippen molar-refractivity contribution in [3.63, 3.8) is 0 Å². The summed E-state index contributed by atoms with van der Waals surface area (Å²) in [6.45, 7) is 4.82. The number of ketones is 1. The Bertz CT molecular complexity index is 555. The molecule has 2 aromatic rings. The summed E-state index contributed by atoms with van der Waals surface area (Å²) in [6.07, 6.45) is 2.47. The van der Waals surface area contributed by atoms with Gasteiger partial charge in [-0.15, -0.1) is 0 Å². The van der Waals surface area contributed by atoms with E-state index in [4.69, 9.17) is 4.74 Å². The number of benzene rings is 1. The number of carbonyl (C=O) groups is 1. The molecule has 2 rings (SSSR count). The Morgan fingerprint density at radius 1 is 1.35 bits per heavy atom. The smallest absolute Gasteiger partial charge is 0.164 e. The highest BCUT2D eigenvalue weighted by atomic mass is 16.5.